The molecule has 1 aliphatic carbocycles. The first-order chi connectivity index (χ1) is 13.7. The summed E-state index contributed by atoms with van der Waals surface area (Å²) in [5.41, 5.74) is 3.97. The largest absolute Gasteiger partial charge is 0.354 e. The highest BCUT2D eigenvalue weighted by Gasteiger charge is 2.20. The Kier molecular flexibility index (Phi) is 5.42. The molecule has 5 heteroatoms. The molecule has 0 amide bonds. The molecule has 0 spiro atoms. The lowest BCUT2D eigenvalue weighted by Crippen LogP contribution is -2.07. The van der Waals surface area contributed by atoms with E-state index in [1.165, 1.54) is 31.4 Å². The Labute approximate surface area is 163 Å². The van der Waals surface area contributed by atoms with Gasteiger partial charge in [-0.2, -0.15) is 0 Å². The fourth-order valence-electron chi connectivity index (χ4n) is 3.15. The van der Waals surface area contributed by atoms with E-state index in [1.807, 2.05) is 18.2 Å². The van der Waals surface area contributed by atoms with Gasteiger partial charge in [-0.05, 0) is 66.8 Å². The molecule has 0 radical (unpaired) electrons. The molecule has 2 aromatic heterocycles. The fraction of sp³-hybridized carbons (Fsp3) is 0.261. The molecule has 1 aromatic carbocycles. The second-order valence-electron chi connectivity index (χ2n) is 7.28. The molecule has 4 rings (SSSR count). The number of anilines is 2. The van der Waals surface area contributed by atoms with E-state index < -0.39 is 0 Å². The summed E-state index contributed by atoms with van der Waals surface area (Å²) in [5.74, 6) is 0.594. The van der Waals surface area contributed by atoms with Crippen molar-refractivity contribution >= 4 is 17.2 Å². The number of nitrogens with zero attached hydrogens (tertiary/aromatic N) is 2. The van der Waals surface area contributed by atoms with E-state index in [9.17, 15) is 9.18 Å². The van der Waals surface area contributed by atoms with Gasteiger partial charge in [0.1, 0.15) is 5.82 Å². The van der Waals surface area contributed by atoms with Gasteiger partial charge >= 0.3 is 0 Å². The van der Waals surface area contributed by atoms with Crippen molar-refractivity contribution in [3.05, 3.63) is 83.7 Å². The monoisotopic (exact) mass is 375 g/mol. The van der Waals surface area contributed by atoms with Crippen molar-refractivity contribution in [2.75, 3.05) is 5.32 Å². The molecule has 0 bridgehead atoms. The summed E-state index contributed by atoms with van der Waals surface area (Å²) in [4.78, 5) is 21.3. The van der Waals surface area contributed by atoms with E-state index in [0.717, 1.165) is 35.0 Å². The summed E-state index contributed by atoms with van der Waals surface area (Å²) in [6.45, 7) is 0. The number of ketones is 1. The van der Waals surface area contributed by atoms with Crippen LogP contribution < -0.4 is 5.32 Å². The molecule has 4 nitrogen and oxygen atoms in total. The third-order valence-corrected chi connectivity index (χ3v) is 5.04. The summed E-state index contributed by atoms with van der Waals surface area (Å²) in [6, 6.07) is 11.7. The van der Waals surface area contributed by atoms with Crippen LogP contribution in [0, 0.1) is 11.7 Å². The van der Waals surface area contributed by atoms with E-state index >= 15 is 0 Å². The van der Waals surface area contributed by atoms with Gasteiger partial charge in [-0.3, -0.25) is 14.8 Å². The number of carbonyl (C=O) groups excluding carboxylic acids is 1. The molecule has 0 unspecified atom stereocenters. The topological polar surface area (TPSA) is 54.9 Å². The van der Waals surface area contributed by atoms with Gasteiger partial charge < -0.3 is 5.32 Å². The highest BCUT2D eigenvalue weighted by Crippen LogP contribution is 2.33. The normalized spacial score (nSPS) is 13.3. The van der Waals surface area contributed by atoms with Crippen molar-refractivity contribution in [3.63, 3.8) is 0 Å². The van der Waals surface area contributed by atoms with Crippen molar-refractivity contribution in [1.29, 1.82) is 0 Å². The Hall–Kier alpha value is -3.08. The van der Waals surface area contributed by atoms with Crippen LogP contribution in [0.25, 0.3) is 0 Å². The highest BCUT2D eigenvalue weighted by atomic mass is 19.1. The Balaban J connectivity index is 1.43. The van der Waals surface area contributed by atoms with Crippen LogP contribution in [-0.4, -0.2) is 15.8 Å². The highest BCUT2D eigenvalue weighted by molar-refractivity contribution is 5.98. The summed E-state index contributed by atoms with van der Waals surface area (Å²) in [6.07, 6.45) is 10.1. The summed E-state index contributed by atoms with van der Waals surface area (Å²) in [7, 11) is 0. The SMILES string of the molecule is O=C(Cc1ccncc1Nc1ccc(F)cc1)c1ccc(CCC2CC2)nc1. The average molecular weight is 375 g/mol. The van der Waals surface area contributed by atoms with Crippen LogP contribution in [-0.2, 0) is 12.8 Å². The quantitative estimate of drug-likeness (QED) is 0.555. The predicted molar refractivity (Wildman–Crippen MR) is 107 cm³/mol. The number of hydrogen-bond acceptors (Lipinski definition) is 4. The lowest BCUT2D eigenvalue weighted by atomic mass is 10.0. The Morgan fingerprint density at radius 1 is 1.07 bits per heavy atom. The van der Waals surface area contributed by atoms with E-state index in [4.69, 9.17) is 0 Å². The minimum absolute atomic E-state index is 0.00889. The lowest BCUT2D eigenvalue weighted by Gasteiger charge is -2.11. The number of aromatic nitrogens is 2. The van der Waals surface area contributed by atoms with Gasteiger partial charge in [-0.25, -0.2) is 4.39 Å². The number of benzene rings is 1. The standard InChI is InChI=1S/C23H22FN3O/c24-19-5-9-21(10-6-19)27-22-15-25-12-11-17(22)13-23(28)18-4-8-20(26-14-18)7-3-16-1-2-16/h4-6,8-12,14-16,27H,1-3,7,13H2. The maximum atomic E-state index is 13.1. The maximum absolute atomic E-state index is 13.1. The molecule has 0 aliphatic heterocycles. The second-order valence-corrected chi connectivity index (χ2v) is 7.28. The molecule has 2 heterocycles. The number of carbonyl (C=O) groups is 1. The number of aryl methyl sites for hydroxylation is 1. The van der Waals surface area contributed by atoms with E-state index in [2.05, 4.69) is 15.3 Å². The van der Waals surface area contributed by atoms with Crippen molar-refractivity contribution in [1.82, 2.24) is 9.97 Å². The molecule has 0 saturated heterocycles. The van der Waals surface area contributed by atoms with Gasteiger partial charge in [0.2, 0.25) is 0 Å². The Bertz CT molecular complexity index is 950. The number of rotatable bonds is 8. The molecule has 3 aromatic rings. The molecule has 28 heavy (non-hydrogen) atoms. The van der Waals surface area contributed by atoms with Crippen LogP contribution in [0.5, 0.6) is 0 Å². The molecular weight excluding hydrogens is 353 g/mol. The molecule has 1 saturated carbocycles. The van der Waals surface area contributed by atoms with E-state index in [1.54, 1.807) is 30.7 Å². The van der Waals surface area contributed by atoms with Crippen molar-refractivity contribution in [3.8, 4) is 0 Å². The first kappa shape index (κ1) is 18.3. The Morgan fingerprint density at radius 3 is 2.61 bits per heavy atom. The zero-order valence-electron chi connectivity index (χ0n) is 15.6. The van der Waals surface area contributed by atoms with Crippen molar-refractivity contribution < 1.29 is 9.18 Å². The van der Waals surface area contributed by atoms with Gasteiger partial charge in [-0.15, -0.1) is 0 Å². The van der Waals surface area contributed by atoms with Crippen LogP contribution >= 0.6 is 0 Å². The van der Waals surface area contributed by atoms with Crippen LogP contribution in [0.1, 0.15) is 40.9 Å². The summed E-state index contributed by atoms with van der Waals surface area (Å²) >= 11 is 0. The van der Waals surface area contributed by atoms with E-state index in [-0.39, 0.29) is 18.0 Å². The predicted octanol–water partition coefficient (Wildman–Crippen LogP) is 5.13. The van der Waals surface area contributed by atoms with Gasteiger partial charge in [0, 0.05) is 35.8 Å². The van der Waals surface area contributed by atoms with Gasteiger partial charge in [0.25, 0.3) is 0 Å². The molecule has 1 fully saturated rings. The zero-order chi connectivity index (χ0) is 19.3. The molecule has 1 N–H and O–H groups in total. The third-order valence-electron chi connectivity index (χ3n) is 5.04. The third kappa shape index (κ3) is 4.80. The summed E-state index contributed by atoms with van der Waals surface area (Å²) < 4.78 is 13.1. The van der Waals surface area contributed by atoms with Gasteiger partial charge in [0.05, 0.1) is 11.9 Å². The first-order valence-corrected chi connectivity index (χ1v) is 9.61. The number of hydrogen-bond donors (Lipinski definition) is 1. The Morgan fingerprint density at radius 2 is 1.89 bits per heavy atom. The lowest BCUT2D eigenvalue weighted by molar-refractivity contribution is 0.0992. The fourth-order valence-corrected chi connectivity index (χ4v) is 3.15. The zero-order valence-corrected chi connectivity index (χ0v) is 15.6. The van der Waals surface area contributed by atoms with Crippen LogP contribution in [0.2, 0.25) is 0 Å². The van der Waals surface area contributed by atoms with Crippen LogP contribution in [0.4, 0.5) is 15.8 Å². The van der Waals surface area contributed by atoms with Crippen molar-refractivity contribution in [2.45, 2.75) is 32.1 Å². The van der Waals surface area contributed by atoms with Crippen LogP contribution in [0.15, 0.2) is 61.1 Å². The average Bonchev–Trinajstić information content (AvgIpc) is 3.54. The smallest absolute Gasteiger partial charge is 0.168 e. The van der Waals surface area contributed by atoms with E-state index in [0.29, 0.717) is 5.56 Å². The maximum Gasteiger partial charge on any atom is 0.168 e. The second kappa shape index (κ2) is 8.30. The summed E-state index contributed by atoms with van der Waals surface area (Å²) in [5, 5.41) is 3.20. The molecule has 0 atom stereocenters. The van der Waals surface area contributed by atoms with Crippen LogP contribution in [0.3, 0.4) is 0 Å². The number of Topliss-reactive ketones (excluding diaryl/α,β-unsaturated/α-hetero) is 1. The first-order valence-electron chi connectivity index (χ1n) is 9.61. The van der Waals surface area contributed by atoms with Crippen molar-refractivity contribution in [2.24, 2.45) is 5.92 Å². The number of pyridine rings is 2. The molecular formula is C23H22FN3O. The number of halogens is 1. The minimum atomic E-state index is -0.291. The molecule has 1 aliphatic rings. The molecule has 142 valence electrons. The van der Waals surface area contributed by atoms with Gasteiger partial charge in [-0.1, -0.05) is 12.8 Å². The number of nitrogens with one attached hydrogen (secondary N) is 1. The van der Waals surface area contributed by atoms with Gasteiger partial charge in [0.15, 0.2) is 5.78 Å². The minimum Gasteiger partial charge on any atom is -0.354 e.